The molecule has 1 saturated heterocycles. The molecule has 1 aliphatic rings. The molecular weight excluding hydrogens is 308 g/mol. The fraction of sp³-hybridized carbons (Fsp3) is 0.333. The molecule has 0 saturated carbocycles. The number of hydrogen-bond donors (Lipinski definition) is 1. The number of carboxylic acid groups (broad SMARTS) is 1. The van der Waals surface area contributed by atoms with Crippen molar-refractivity contribution in [3.63, 3.8) is 0 Å². The lowest BCUT2D eigenvalue weighted by Crippen LogP contribution is -2.53. The van der Waals surface area contributed by atoms with E-state index >= 15 is 0 Å². The molecule has 1 heterocycles. The van der Waals surface area contributed by atoms with Gasteiger partial charge >= 0.3 is 23.9 Å². The summed E-state index contributed by atoms with van der Waals surface area (Å²) in [6.07, 6.45) is -2.60. The van der Waals surface area contributed by atoms with E-state index in [0.29, 0.717) is 5.56 Å². The van der Waals surface area contributed by atoms with Gasteiger partial charge in [-0.25, -0.2) is 9.59 Å². The first-order valence-corrected chi connectivity index (χ1v) is 6.68. The summed E-state index contributed by atoms with van der Waals surface area (Å²) in [7, 11) is 0. The highest BCUT2D eigenvalue weighted by Crippen LogP contribution is 2.32. The lowest BCUT2D eigenvalue weighted by Gasteiger charge is -2.26. The van der Waals surface area contributed by atoms with Crippen LogP contribution in [-0.4, -0.2) is 40.7 Å². The summed E-state index contributed by atoms with van der Waals surface area (Å²) < 4.78 is 14.4. The molecule has 0 aliphatic carbocycles. The molecule has 8 heteroatoms. The number of rotatable bonds is 5. The van der Waals surface area contributed by atoms with Crippen molar-refractivity contribution in [3.05, 3.63) is 35.9 Å². The predicted octanol–water partition coefficient (Wildman–Crippen LogP) is 0.432. The molecule has 0 amide bonds. The Bertz CT molecular complexity index is 638. The number of cyclic esters (lactones) is 1. The van der Waals surface area contributed by atoms with Crippen LogP contribution in [-0.2, 0) is 40.0 Å². The van der Waals surface area contributed by atoms with E-state index in [1.807, 2.05) is 0 Å². The third-order valence-corrected chi connectivity index (χ3v) is 3.21. The molecule has 23 heavy (non-hydrogen) atoms. The monoisotopic (exact) mass is 322 g/mol. The van der Waals surface area contributed by atoms with E-state index in [1.54, 1.807) is 30.3 Å². The van der Waals surface area contributed by atoms with Crippen LogP contribution in [0.4, 0.5) is 0 Å². The van der Waals surface area contributed by atoms with Gasteiger partial charge in [0, 0.05) is 6.92 Å². The molecule has 1 aromatic carbocycles. The zero-order chi connectivity index (χ0) is 17.0. The minimum Gasteiger partial charge on any atom is -0.478 e. The SMILES string of the molecule is CC(=O)O[C@@]1(C(=O)O)CC(=O)OC1C(=O)OCc1ccccc1. The van der Waals surface area contributed by atoms with Gasteiger partial charge in [-0.3, -0.25) is 9.59 Å². The predicted molar refractivity (Wildman–Crippen MR) is 72.9 cm³/mol. The van der Waals surface area contributed by atoms with E-state index in [2.05, 4.69) is 0 Å². The molecule has 2 atom stereocenters. The molecule has 1 N–H and O–H groups in total. The van der Waals surface area contributed by atoms with E-state index in [-0.39, 0.29) is 6.61 Å². The van der Waals surface area contributed by atoms with Crippen molar-refractivity contribution >= 4 is 23.9 Å². The van der Waals surface area contributed by atoms with Crippen molar-refractivity contribution in [2.24, 2.45) is 0 Å². The van der Waals surface area contributed by atoms with Gasteiger partial charge in [-0.05, 0) is 5.56 Å². The number of esters is 3. The summed E-state index contributed by atoms with van der Waals surface area (Å²) in [6.45, 7) is 0.837. The normalized spacial score (nSPS) is 23.0. The summed E-state index contributed by atoms with van der Waals surface area (Å²) in [5.41, 5.74) is -1.74. The Morgan fingerprint density at radius 3 is 2.52 bits per heavy atom. The second-order valence-corrected chi connectivity index (χ2v) is 4.93. The number of carbonyl (C=O) groups is 4. The maximum absolute atomic E-state index is 12.1. The average molecular weight is 322 g/mol. The van der Waals surface area contributed by atoms with Crippen molar-refractivity contribution in [2.75, 3.05) is 0 Å². The number of aliphatic carboxylic acids is 1. The number of benzene rings is 1. The molecule has 0 spiro atoms. The molecule has 0 bridgehead atoms. The molecule has 0 radical (unpaired) electrons. The van der Waals surface area contributed by atoms with Crippen LogP contribution < -0.4 is 0 Å². The zero-order valence-corrected chi connectivity index (χ0v) is 12.2. The summed E-state index contributed by atoms with van der Waals surface area (Å²) in [6, 6.07) is 8.65. The van der Waals surface area contributed by atoms with Gasteiger partial charge in [0.05, 0.1) is 0 Å². The van der Waals surface area contributed by atoms with Gasteiger partial charge in [-0.1, -0.05) is 30.3 Å². The van der Waals surface area contributed by atoms with Gasteiger partial charge < -0.3 is 19.3 Å². The van der Waals surface area contributed by atoms with Crippen LogP contribution in [0.3, 0.4) is 0 Å². The lowest BCUT2D eigenvalue weighted by molar-refractivity contribution is -0.192. The van der Waals surface area contributed by atoms with Gasteiger partial charge in [0.15, 0.2) is 0 Å². The van der Waals surface area contributed by atoms with E-state index in [1.165, 1.54) is 0 Å². The fourth-order valence-corrected chi connectivity index (χ4v) is 2.20. The first kappa shape index (κ1) is 16.5. The van der Waals surface area contributed by atoms with Gasteiger partial charge in [0.2, 0.25) is 6.10 Å². The van der Waals surface area contributed by atoms with Crippen LogP contribution >= 0.6 is 0 Å². The van der Waals surface area contributed by atoms with Crippen LogP contribution in [0.15, 0.2) is 30.3 Å². The van der Waals surface area contributed by atoms with E-state index < -0.39 is 42.0 Å². The van der Waals surface area contributed by atoms with Crippen molar-refractivity contribution < 1.29 is 38.5 Å². The summed E-state index contributed by atoms with van der Waals surface area (Å²) in [5.74, 6) is -4.66. The minimum atomic E-state index is -2.41. The van der Waals surface area contributed by atoms with Crippen LogP contribution in [0.5, 0.6) is 0 Å². The van der Waals surface area contributed by atoms with Gasteiger partial charge in [-0.15, -0.1) is 0 Å². The molecular formula is C15H14O8. The summed E-state index contributed by atoms with van der Waals surface area (Å²) in [5, 5.41) is 9.32. The van der Waals surface area contributed by atoms with E-state index in [4.69, 9.17) is 14.2 Å². The number of hydrogen-bond acceptors (Lipinski definition) is 7. The fourth-order valence-electron chi connectivity index (χ4n) is 2.20. The molecule has 1 unspecified atom stereocenters. The van der Waals surface area contributed by atoms with Crippen LogP contribution in [0.2, 0.25) is 0 Å². The number of ether oxygens (including phenoxy) is 3. The average Bonchev–Trinajstić information content (AvgIpc) is 2.83. The van der Waals surface area contributed by atoms with Crippen molar-refractivity contribution in [1.82, 2.24) is 0 Å². The quantitative estimate of drug-likeness (QED) is 0.613. The summed E-state index contributed by atoms with van der Waals surface area (Å²) in [4.78, 5) is 46.2. The van der Waals surface area contributed by atoms with Crippen molar-refractivity contribution in [3.8, 4) is 0 Å². The molecule has 2 rings (SSSR count). The Morgan fingerprint density at radius 2 is 1.96 bits per heavy atom. The lowest BCUT2D eigenvalue weighted by atomic mass is 9.95. The molecule has 122 valence electrons. The molecule has 1 fully saturated rings. The minimum absolute atomic E-state index is 0.135. The van der Waals surface area contributed by atoms with Crippen LogP contribution in [0.25, 0.3) is 0 Å². The Labute approximate surface area is 130 Å². The topological polar surface area (TPSA) is 116 Å². The smallest absolute Gasteiger partial charge is 0.353 e. The van der Waals surface area contributed by atoms with E-state index in [0.717, 1.165) is 6.92 Å². The van der Waals surface area contributed by atoms with Crippen LogP contribution in [0.1, 0.15) is 18.9 Å². The third-order valence-electron chi connectivity index (χ3n) is 3.21. The standard InChI is InChI=1S/C15H14O8/c1-9(16)23-15(14(19)20)7-11(17)22-12(15)13(18)21-8-10-5-3-2-4-6-10/h2-6,12H,7-8H2,1H3,(H,19,20)/t12?,15-/m0/s1. The highest BCUT2D eigenvalue weighted by Gasteiger charge is 2.62. The number of carboxylic acids is 1. The van der Waals surface area contributed by atoms with E-state index in [9.17, 15) is 24.3 Å². The Morgan fingerprint density at radius 1 is 1.30 bits per heavy atom. The second kappa shape index (κ2) is 6.47. The van der Waals surface area contributed by atoms with Crippen LogP contribution in [0, 0.1) is 0 Å². The van der Waals surface area contributed by atoms with Gasteiger partial charge in [0.1, 0.15) is 13.0 Å². The second-order valence-electron chi connectivity index (χ2n) is 4.93. The molecule has 8 nitrogen and oxygen atoms in total. The largest absolute Gasteiger partial charge is 0.478 e. The maximum Gasteiger partial charge on any atom is 0.353 e. The highest BCUT2D eigenvalue weighted by molar-refractivity contribution is 5.98. The highest BCUT2D eigenvalue weighted by atomic mass is 16.6. The van der Waals surface area contributed by atoms with Gasteiger partial charge in [0.25, 0.3) is 5.60 Å². The molecule has 1 aliphatic heterocycles. The molecule has 0 aromatic heterocycles. The third kappa shape index (κ3) is 3.47. The Balaban J connectivity index is 2.17. The van der Waals surface area contributed by atoms with Crippen molar-refractivity contribution in [2.45, 2.75) is 31.7 Å². The van der Waals surface area contributed by atoms with Crippen molar-refractivity contribution in [1.29, 1.82) is 0 Å². The zero-order valence-electron chi connectivity index (χ0n) is 12.2. The molecule has 1 aromatic rings. The Kier molecular flexibility index (Phi) is 4.63. The Hall–Kier alpha value is -2.90. The first-order chi connectivity index (χ1) is 10.8. The summed E-state index contributed by atoms with van der Waals surface area (Å²) >= 11 is 0. The number of carbonyl (C=O) groups excluding carboxylic acids is 3. The first-order valence-electron chi connectivity index (χ1n) is 6.68. The maximum atomic E-state index is 12.1. The van der Waals surface area contributed by atoms with Gasteiger partial charge in [-0.2, -0.15) is 0 Å².